The number of rotatable bonds is 4. The number of carbonyl (C=O) groups excluding carboxylic acids is 1. The third-order valence-electron chi connectivity index (χ3n) is 5.55. The second-order valence-corrected chi connectivity index (χ2v) is 7.94. The van der Waals surface area contributed by atoms with Crippen molar-refractivity contribution < 1.29 is 19.0 Å². The van der Waals surface area contributed by atoms with Crippen molar-refractivity contribution in [2.24, 2.45) is 5.92 Å². The molecule has 0 radical (unpaired) electrons. The molecule has 6 nitrogen and oxygen atoms in total. The average molecular weight is 360 g/mol. The zero-order chi connectivity index (χ0) is 18.1. The van der Waals surface area contributed by atoms with E-state index in [2.05, 4.69) is 10.2 Å². The predicted molar refractivity (Wildman–Crippen MR) is 96.5 cm³/mol. The van der Waals surface area contributed by atoms with Crippen LogP contribution in [0, 0.1) is 5.92 Å². The van der Waals surface area contributed by atoms with Gasteiger partial charge in [0.25, 0.3) is 0 Å². The molecule has 1 aromatic rings. The number of benzene rings is 1. The summed E-state index contributed by atoms with van der Waals surface area (Å²) in [5.74, 6) is -0.516. The second kappa shape index (κ2) is 7.27. The van der Waals surface area contributed by atoms with Gasteiger partial charge in [0.15, 0.2) is 5.79 Å². The molecule has 1 aromatic carbocycles. The van der Waals surface area contributed by atoms with Gasteiger partial charge in [0.05, 0.1) is 25.2 Å². The van der Waals surface area contributed by atoms with Crippen LogP contribution in [0.15, 0.2) is 30.3 Å². The number of nitrogens with zero attached hydrogens (tertiary/aromatic N) is 1. The minimum Gasteiger partial charge on any atom is -0.380 e. The molecule has 0 saturated carbocycles. The summed E-state index contributed by atoms with van der Waals surface area (Å²) in [7, 11) is 0. The van der Waals surface area contributed by atoms with Crippen LogP contribution in [0.2, 0.25) is 0 Å². The molecule has 26 heavy (non-hydrogen) atoms. The molecule has 6 heteroatoms. The van der Waals surface area contributed by atoms with Gasteiger partial charge in [0.2, 0.25) is 5.91 Å². The Labute approximate surface area is 154 Å². The van der Waals surface area contributed by atoms with E-state index in [1.807, 2.05) is 44.2 Å². The summed E-state index contributed by atoms with van der Waals surface area (Å²) in [5.41, 5.74) is 1.06. The van der Waals surface area contributed by atoms with Crippen molar-refractivity contribution in [3.8, 4) is 0 Å². The highest BCUT2D eigenvalue weighted by Gasteiger charge is 2.42. The van der Waals surface area contributed by atoms with Crippen molar-refractivity contribution in [3.05, 3.63) is 35.9 Å². The van der Waals surface area contributed by atoms with Crippen LogP contribution in [-0.4, -0.2) is 61.6 Å². The van der Waals surface area contributed by atoms with Crippen LogP contribution in [-0.2, 0) is 19.0 Å². The van der Waals surface area contributed by atoms with Crippen molar-refractivity contribution >= 4 is 5.91 Å². The van der Waals surface area contributed by atoms with Crippen molar-refractivity contribution in [2.75, 3.05) is 32.9 Å². The van der Waals surface area contributed by atoms with Gasteiger partial charge in [0, 0.05) is 25.7 Å². The van der Waals surface area contributed by atoms with Crippen molar-refractivity contribution in [3.63, 3.8) is 0 Å². The summed E-state index contributed by atoms with van der Waals surface area (Å²) in [6, 6.07) is 10.4. The van der Waals surface area contributed by atoms with Gasteiger partial charge in [0.1, 0.15) is 6.10 Å². The molecule has 4 rings (SSSR count). The monoisotopic (exact) mass is 360 g/mol. The van der Waals surface area contributed by atoms with Crippen LogP contribution in [0.25, 0.3) is 0 Å². The molecular weight excluding hydrogens is 332 g/mol. The fraction of sp³-hybridized carbons (Fsp3) is 0.650. The fourth-order valence-corrected chi connectivity index (χ4v) is 3.95. The van der Waals surface area contributed by atoms with Gasteiger partial charge in [-0.2, -0.15) is 0 Å². The lowest BCUT2D eigenvalue weighted by atomic mass is 9.94. The number of hydrogen-bond donors (Lipinski definition) is 1. The first-order chi connectivity index (χ1) is 12.5. The Balaban J connectivity index is 1.37. The van der Waals surface area contributed by atoms with Gasteiger partial charge in [-0.05, 0) is 25.8 Å². The molecule has 3 aliphatic heterocycles. The van der Waals surface area contributed by atoms with Crippen LogP contribution in [0.1, 0.15) is 31.9 Å². The van der Waals surface area contributed by atoms with E-state index in [4.69, 9.17) is 14.2 Å². The first-order valence-electron chi connectivity index (χ1n) is 9.51. The Kier molecular flexibility index (Phi) is 5.01. The highest BCUT2D eigenvalue weighted by atomic mass is 16.7. The highest BCUT2D eigenvalue weighted by Crippen LogP contribution is 2.33. The van der Waals surface area contributed by atoms with E-state index in [0.29, 0.717) is 12.6 Å². The van der Waals surface area contributed by atoms with E-state index in [9.17, 15) is 4.79 Å². The molecule has 0 aliphatic carbocycles. The maximum Gasteiger partial charge on any atom is 0.226 e. The summed E-state index contributed by atoms with van der Waals surface area (Å²) >= 11 is 0. The van der Waals surface area contributed by atoms with Gasteiger partial charge in [-0.3, -0.25) is 9.69 Å². The Morgan fingerprint density at radius 3 is 2.65 bits per heavy atom. The van der Waals surface area contributed by atoms with E-state index in [1.54, 1.807) is 0 Å². The summed E-state index contributed by atoms with van der Waals surface area (Å²) in [6.45, 7) is 7.53. The molecule has 1 N–H and O–H groups in total. The molecule has 0 aromatic heterocycles. The smallest absolute Gasteiger partial charge is 0.226 e. The molecule has 1 amide bonds. The summed E-state index contributed by atoms with van der Waals surface area (Å²) < 4.78 is 17.4. The van der Waals surface area contributed by atoms with Crippen LogP contribution in [0.5, 0.6) is 0 Å². The van der Waals surface area contributed by atoms with Crippen molar-refractivity contribution in [2.45, 2.75) is 44.2 Å². The quantitative estimate of drug-likeness (QED) is 0.886. The standard InChI is InChI=1S/C20H28N2O4/c1-20(2)25-13-17(18(26-20)14-6-4-3-5-7-14)21-19(23)15-10-22(11-15)16-8-9-24-12-16/h3-7,15-18H,8-13H2,1-2H3,(H,21,23)/t16?,17-,18-/m1/s1. The summed E-state index contributed by atoms with van der Waals surface area (Å²) in [6.07, 6.45) is 0.868. The van der Waals surface area contributed by atoms with Gasteiger partial charge < -0.3 is 19.5 Å². The number of likely N-dealkylation sites (tertiary alicyclic amines) is 1. The largest absolute Gasteiger partial charge is 0.380 e. The molecule has 0 spiro atoms. The van der Waals surface area contributed by atoms with Crippen molar-refractivity contribution in [1.82, 2.24) is 10.2 Å². The molecule has 3 heterocycles. The minimum atomic E-state index is -0.655. The minimum absolute atomic E-state index is 0.0435. The molecule has 0 bridgehead atoms. The van der Waals surface area contributed by atoms with Crippen molar-refractivity contribution in [1.29, 1.82) is 0 Å². The number of hydrogen-bond acceptors (Lipinski definition) is 5. The lowest BCUT2D eigenvalue weighted by Gasteiger charge is -2.44. The number of nitrogens with one attached hydrogen (secondary N) is 1. The first kappa shape index (κ1) is 17.9. The molecule has 3 saturated heterocycles. The van der Waals surface area contributed by atoms with E-state index in [-0.39, 0.29) is 24.0 Å². The molecule has 3 aliphatic rings. The van der Waals surface area contributed by atoms with E-state index in [0.717, 1.165) is 38.3 Å². The lowest BCUT2D eigenvalue weighted by Crippen LogP contribution is -2.60. The van der Waals surface area contributed by atoms with E-state index >= 15 is 0 Å². The Morgan fingerprint density at radius 2 is 1.96 bits per heavy atom. The number of carbonyl (C=O) groups is 1. The normalized spacial score (nSPS) is 32.2. The van der Waals surface area contributed by atoms with Gasteiger partial charge in [-0.25, -0.2) is 0 Å². The van der Waals surface area contributed by atoms with E-state index in [1.165, 1.54) is 0 Å². The fourth-order valence-electron chi connectivity index (χ4n) is 3.95. The van der Waals surface area contributed by atoms with Crippen LogP contribution < -0.4 is 5.32 Å². The molecule has 142 valence electrons. The molecule has 1 unspecified atom stereocenters. The summed E-state index contributed by atoms with van der Waals surface area (Å²) in [4.78, 5) is 15.1. The van der Waals surface area contributed by atoms with Gasteiger partial charge in [-0.1, -0.05) is 30.3 Å². The number of ether oxygens (including phenoxy) is 3. The van der Waals surface area contributed by atoms with Gasteiger partial charge >= 0.3 is 0 Å². The Morgan fingerprint density at radius 1 is 1.19 bits per heavy atom. The van der Waals surface area contributed by atoms with E-state index < -0.39 is 5.79 Å². The Bertz CT molecular complexity index is 624. The van der Waals surface area contributed by atoms with Crippen LogP contribution in [0.3, 0.4) is 0 Å². The SMILES string of the molecule is CC1(C)OC[C@@H](NC(=O)C2CN(C3CCOC3)C2)[C@@H](c2ccccc2)O1. The molecule has 3 atom stereocenters. The maximum atomic E-state index is 12.7. The lowest BCUT2D eigenvalue weighted by molar-refractivity contribution is -0.285. The molecule has 3 fully saturated rings. The predicted octanol–water partition coefficient (Wildman–Crippen LogP) is 1.72. The average Bonchev–Trinajstić information content (AvgIpc) is 3.10. The first-order valence-corrected chi connectivity index (χ1v) is 9.51. The molecular formula is C20H28N2O4. The van der Waals surface area contributed by atoms with Crippen LogP contribution in [0.4, 0.5) is 0 Å². The topological polar surface area (TPSA) is 60.0 Å². The zero-order valence-electron chi connectivity index (χ0n) is 15.5. The third-order valence-corrected chi connectivity index (χ3v) is 5.55. The zero-order valence-corrected chi connectivity index (χ0v) is 15.5. The second-order valence-electron chi connectivity index (χ2n) is 7.94. The van der Waals surface area contributed by atoms with Gasteiger partial charge in [-0.15, -0.1) is 0 Å². The maximum absolute atomic E-state index is 12.7. The third kappa shape index (κ3) is 3.78. The Hall–Kier alpha value is -1.47. The van der Waals surface area contributed by atoms with Crippen LogP contribution >= 0.6 is 0 Å². The summed E-state index contributed by atoms with van der Waals surface area (Å²) in [5, 5.41) is 3.17. The number of amides is 1. The highest BCUT2D eigenvalue weighted by molar-refractivity contribution is 5.80.